The van der Waals surface area contributed by atoms with E-state index in [-0.39, 0.29) is 12.4 Å². The van der Waals surface area contributed by atoms with Crippen LogP contribution in [0.4, 0.5) is 15.9 Å². The van der Waals surface area contributed by atoms with Crippen molar-refractivity contribution in [2.45, 2.75) is 19.0 Å². The first-order chi connectivity index (χ1) is 14.5. The number of anilines is 2. The van der Waals surface area contributed by atoms with Crippen molar-refractivity contribution in [3.8, 4) is 11.3 Å². The molecule has 0 aromatic carbocycles. The molecule has 3 aromatic rings. The predicted octanol–water partition coefficient (Wildman–Crippen LogP) is 1.45. The maximum atomic E-state index is 13.1. The molecule has 5 rings (SSSR count). The largest absolute Gasteiger partial charge is 0.483 e. The van der Waals surface area contributed by atoms with Crippen LogP contribution in [-0.2, 0) is 16.0 Å². The summed E-state index contributed by atoms with van der Waals surface area (Å²) in [5.74, 6) is -0.430. The summed E-state index contributed by atoms with van der Waals surface area (Å²) < 4.78 is 13.9. The summed E-state index contributed by atoms with van der Waals surface area (Å²) in [5.41, 5.74) is 4.11. The number of nitrogens with zero attached hydrogens (tertiary/aromatic N) is 3. The maximum Gasteiger partial charge on any atom is 0.290 e. The van der Waals surface area contributed by atoms with Gasteiger partial charge in [-0.2, -0.15) is 0 Å². The van der Waals surface area contributed by atoms with Crippen molar-refractivity contribution in [1.29, 1.82) is 0 Å². The van der Waals surface area contributed by atoms with Gasteiger partial charge in [-0.15, -0.1) is 0 Å². The molecule has 2 aliphatic rings. The zero-order chi connectivity index (χ0) is 21.3. The first-order valence-electron chi connectivity index (χ1n) is 9.25. The van der Waals surface area contributed by atoms with Crippen LogP contribution in [0.5, 0.6) is 0 Å². The Hall–Kier alpha value is -3.06. The first kappa shape index (κ1) is 20.2. The van der Waals surface area contributed by atoms with Crippen molar-refractivity contribution >= 4 is 56.0 Å². The second kappa shape index (κ2) is 8.36. The number of hydrogen-bond donors (Lipinski definition) is 3. The molecule has 0 spiro atoms. The van der Waals surface area contributed by atoms with E-state index >= 15 is 0 Å². The molecule has 10 heteroatoms. The zero-order valence-corrected chi connectivity index (χ0v) is 17.5. The summed E-state index contributed by atoms with van der Waals surface area (Å²) in [6, 6.07) is 3.79. The Bertz CT molecular complexity index is 1140. The van der Waals surface area contributed by atoms with E-state index in [4.69, 9.17) is 14.9 Å². The fraction of sp³-hybridized carbons (Fsp3) is 0.250. The van der Waals surface area contributed by atoms with E-state index in [2.05, 4.69) is 37.5 Å². The molecule has 3 N–H and O–H groups in total. The molecular weight excluding hydrogens is 452 g/mol. The third-order valence-electron chi connectivity index (χ3n) is 5.02. The normalized spacial score (nSPS) is 18.6. The van der Waals surface area contributed by atoms with Gasteiger partial charge >= 0.3 is 163 Å². The molecule has 8 nitrogen and oxygen atoms in total. The molecule has 2 radical (unpaired) electrons. The van der Waals surface area contributed by atoms with Crippen LogP contribution in [-0.4, -0.2) is 62.0 Å². The topological polar surface area (TPSA) is 117 Å². The minimum absolute atomic E-state index is 0.250. The molecule has 152 valence electrons. The Morgan fingerprint density at radius 2 is 2.10 bits per heavy atom. The van der Waals surface area contributed by atoms with Gasteiger partial charge in [0.15, 0.2) is 0 Å². The summed E-state index contributed by atoms with van der Waals surface area (Å²) in [4.78, 5) is 33.7. The van der Waals surface area contributed by atoms with Crippen molar-refractivity contribution in [2.24, 2.45) is 5.92 Å². The van der Waals surface area contributed by atoms with Gasteiger partial charge in [0, 0.05) is 0 Å². The minimum Gasteiger partial charge on any atom is -0.483 e. The van der Waals surface area contributed by atoms with Crippen LogP contribution < -0.4 is 15.1 Å². The van der Waals surface area contributed by atoms with E-state index in [1.54, 1.807) is 12.3 Å². The Balaban J connectivity index is 0.000000687. The SMILES string of the molecule is O=C(Nc1cc2cc(-c3cncc4c3CCN4)nc([As])c2cn1)[C@@H]1C[C@@H]1F.O=CO. The Morgan fingerprint density at radius 1 is 1.33 bits per heavy atom. The average molecular weight is 469 g/mol. The van der Waals surface area contributed by atoms with E-state index in [1.165, 1.54) is 5.56 Å². The van der Waals surface area contributed by atoms with Gasteiger partial charge in [0.1, 0.15) is 0 Å². The third kappa shape index (κ3) is 3.98. The van der Waals surface area contributed by atoms with Crippen LogP contribution in [0.1, 0.15) is 12.0 Å². The molecule has 1 aliphatic heterocycles. The molecule has 1 amide bonds. The maximum absolute atomic E-state index is 13.1. The van der Waals surface area contributed by atoms with Crippen molar-refractivity contribution in [3.05, 3.63) is 36.3 Å². The van der Waals surface area contributed by atoms with Gasteiger partial charge in [-0.1, -0.05) is 0 Å². The number of nitrogens with one attached hydrogen (secondary N) is 2. The fourth-order valence-corrected chi connectivity index (χ4v) is 4.06. The monoisotopic (exact) mass is 469 g/mol. The number of rotatable bonds is 3. The number of carboxylic acid groups (broad SMARTS) is 1. The Labute approximate surface area is 179 Å². The first-order valence-corrected chi connectivity index (χ1v) is 10.2. The Kier molecular flexibility index (Phi) is 5.63. The van der Waals surface area contributed by atoms with Gasteiger partial charge in [-0.25, -0.2) is 0 Å². The summed E-state index contributed by atoms with van der Waals surface area (Å²) in [6.45, 7) is 0.646. The van der Waals surface area contributed by atoms with Gasteiger partial charge in [-0.3, -0.25) is 4.79 Å². The van der Waals surface area contributed by atoms with E-state index in [1.807, 2.05) is 18.5 Å². The number of carbonyl (C=O) groups is 2. The quantitative estimate of drug-likeness (QED) is 0.393. The molecule has 1 aliphatic carbocycles. The number of carbonyl (C=O) groups excluding carboxylic acids is 1. The molecule has 1 fully saturated rings. The summed E-state index contributed by atoms with van der Waals surface area (Å²) >= 11 is 2.47. The van der Waals surface area contributed by atoms with Crippen LogP contribution in [0, 0.1) is 5.92 Å². The van der Waals surface area contributed by atoms with Crippen LogP contribution >= 0.6 is 0 Å². The number of fused-ring (bicyclic) bond motifs is 2. The molecule has 2 atom stereocenters. The van der Waals surface area contributed by atoms with Gasteiger partial charge < -0.3 is 5.11 Å². The summed E-state index contributed by atoms with van der Waals surface area (Å²) in [5, 5.41) is 14.7. The van der Waals surface area contributed by atoms with Gasteiger partial charge in [0.25, 0.3) is 6.47 Å². The van der Waals surface area contributed by atoms with Crippen molar-refractivity contribution in [2.75, 3.05) is 17.2 Å². The average Bonchev–Trinajstić information content (AvgIpc) is 3.26. The second-order valence-corrected chi connectivity index (χ2v) is 7.85. The fourth-order valence-electron chi connectivity index (χ4n) is 3.44. The van der Waals surface area contributed by atoms with Gasteiger partial charge in [0.05, 0.1) is 0 Å². The van der Waals surface area contributed by atoms with Gasteiger partial charge in [-0.05, 0) is 0 Å². The van der Waals surface area contributed by atoms with E-state index in [0.717, 1.165) is 45.2 Å². The third-order valence-corrected chi connectivity index (χ3v) is 5.74. The molecular formula is C20H17AsFN5O3. The van der Waals surface area contributed by atoms with Gasteiger partial charge in [0.2, 0.25) is 0 Å². The summed E-state index contributed by atoms with van der Waals surface area (Å²) in [7, 11) is 0. The number of halogens is 1. The molecule has 0 bridgehead atoms. The molecule has 4 heterocycles. The molecule has 0 saturated heterocycles. The van der Waals surface area contributed by atoms with Crippen LogP contribution in [0.2, 0.25) is 0 Å². The van der Waals surface area contributed by atoms with Crippen molar-refractivity contribution in [3.63, 3.8) is 0 Å². The van der Waals surface area contributed by atoms with Crippen molar-refractivity contribution < 1.29 is 19.1 Å². The van der Waals surface area contributed by atoms with E-state index < -0.39 is 12.1 Å². The van der Waals surface area contributed by atoms with Crippen LogP contribution in [0.15, 0.2) is 30.7 Å². The van der Waals surface area contributed by atoms with Crippen LogP contribution in [0.25, 0.3) is 22.0 Å². The smallest absolute Gasteiger partial charge is 0.290 e. The molecule has 30 heavy (non-hydrogen) atoms. The minimum atomic E-state index is -1.03. The molecule has 3 aromatic heterocycles. The predicted molar refractivity (Wildman–Crippen MR) is 111 cm³/mol. The standard InChI is InChI=1S/C19H15AsFN5O.CH2O2/c20-18-12-7-24-17(26-19(27)11-5-14(11)21)4-9(12)3-15(25-18)13-6-22-8-16-10(13)1-2-23-16;2-1-3/h3-4,6-8,11,14,23H,1-2,5H2,(H,24,26,27);1H,(H,2,3)/t11-,14+;/m1./s1. The van der Waals surface area contributed by atoms with E-state index in [9.17, 15) is 9.18 Å². The molecule has 0 unspecified atom stereocenters. The number of hydrogen-bond acceptors (Lipinski definition) is 6. The number of alkyl halides is 1. The van der Waals surface area contributed by atoms with Crippen LogP contribution in [0.3, 0.4) is 0 Å². The zero-order valence-electron chi connectivity index (χ0n) is 15.7. The van der Waals surface area contributed by atoms with Crippen molar-refractivity contribution in [1.82, 2.24) is 15.0 Å². The number of aromatic nitrogens is 3. The van der Waals surface area contributed by atoms with E-state index in [0.29, 0.717) is 12.2 Å². The Morgan fingerprint density at radius 3 is 2.83 bits per heavy atom. The number of pyridine rings is 3. The summed E-state index contributed by atoms with van der Waals surface area (Å²) in [6.07, 6.45) is 5.56. The number of amides is 1. The second-order valence-electron chi connectivity index (χ2n) is 6.96. The molecule has 1 saturated carbocycles.